The Balaban J connectivity index is 1.73. The summed E-state index contributed by atoms with van der Waals surface area (Å²) in [7, 11) is 1.36. The van der Waals surface area contributed by atoms with Gasteiger partial charge in [0.15, 0.2) is 10.9 Å². The van der Waals surface area contributed by atoms with E-state index in [0.29, 0.717) is 18.3 Å². The number of benzene rings is 2. The second-order valence-electron chi connectivity index (χ2n) is 6.66. The average Bonchev–Trinajstić information content (AvgIpc) is 3.40. The molecular weight excluding hydrogens is 394 g/mol. The third-order valence-electron chi connectivity index (χ3n) is 4.79. The van der Waals surface area contributed by atoms with Gasteiger partial charge in [-0.2, -0.15) is 0 Å². The number of nitrogens with zero attached hydrogens (tertiary/aromatic N) is 3. The van der Waals surface area contributed by atoms with Crippen molar-refractivity contribution in [2.24, 2.45) is 0 Å². The standard InChI is InChI=1S/C20H19N3O5S/c1-27-17-9-8-13(11-16(17)23(25)26)19(24)22(12-14-5-4-10-28-14)20-21-15-6-2-3-7-18(15)29-20/h2-3,6-9,11,14H,4-5,10,12H2,1H3/t14-/m0/s1. The van der Waals surface area contributed by atoms with Gasteiger partial charge in [0.1, 0.15) is 0 Å². The van der Waals surface area contributed by atoms with E-state index in [1.165, 1.54) is 36.6 Å². The number of nitro benzene ring substituents is 1. The van der Waals surface area contributed by atoms with Gasteiger partial charge in [-0.1, -0.05) is 23.5 Å². The number of hydrogen-bond donors (Lipinski definition) is 0. The van der Waals surface area contributed by atoms with Gasteiger partial charge in [0.2, 0.25) is 0 Å². The molecule has 150 valence electrons. The van der Waals surface area contributed by atoms with Crippen molar-refractivity contribution in [3.63, 3.8) is 0 Å². The van der Waals surface area contributed by atoms with Gasteiger partial charge >= 0.3 is 5.69 Å². The molecule has 0 saturated carbocycles. The molecule has 0 aliphatic carbocycles. The molecule has 9 heteroatoms. The van der Waals surface area contributed by atoms with Crippen molar-refractivity contribution in [1.82, 2.24) is 4.98 Å². The van der Waals surface area contributed by atoms with Crippen molar-refractivity contribution in [3.8, 4) is 5.75 Å². The number of para-hydroxylation sites is 1. The van der Waals surface area contributed by atoms with Gasteiger partial charge in [-0.3, -0.25) is 19.8 Å². The lowest BCUT2D eigenvalue weighted by Gasteiger charge is -2.23. The molecule has 3 aromatic rings. The van der Waals surface area contributed by atoms with E-state index in [1.807, 2.05) is 24.3 Å². The van der Waals surface area contributed by atoms with Crippen LogP contribution in [0.4, 0.5) is 10.8 Å². The number of thiazole rings is 1. The number of hydrogen-bond acceptors (Lipinski definition) is 7. The highest BCUT2D eigenvalue weighted by Crippen LogP contribution is 2.32. The van der Waals surface area contributed by atoms with Crippen LogP contribution in [0.25, 0.3) is 10.2 Å². The number of anilines is 1. The Kier molecular flexibility index (Phi) is 5.41. The number of carbonyl (C=O) groups is 1. The summed E-state index contributed by atoms with van der Waals surface area (Å²) in [5, 5.41) is 11.9. The van der Waals surface area contributed by atoms with Crippen LogP contribution < -0.4 is 9.64 Å². The van der Waals surface area contributed by atoms with Crippen molar-refractivity contribution < 1.29 is 19.2 Å². The average molecular weight is 413 g/mol. The summed E-state index contributed by atoms with van der Waals surface area (Å²) in [4.78, 5) is 30.3. The number of nitro groups is 1. The second kappa shape index (κ2) is 8.14. The first-order valence-corrected chi connectivity index (χ1v) is 10.00. The summed E-state index contributed by atoms with van der Waals surface area (Å²) in [5.74, 6) is -0.248. The minimum absolute atomic E-state index is 0.0841. The molecule has 0 radical (unpaired) electrons. The normalized spacial score (nSPS) is 16.1. The molecule has 2 aromatic carbocycles. The summed E-state index contributed by atoms with van der Waals surface area (Å²) >= 11 is 1.41. The largest absolute Gasteiger partial charge is 0.490 e. The van der Waals surface area contributed by atoms with E-state index in [2.05, 4.69) is 4.98 Å². The first-order chi connectivity index (χ1) is 14.1. The lowest BCUT2D eigenvalue weighted by atomic mass is 10.1. The maximum atomic E-state index is 13.4. The molecule has 1 fully saturated rings. The van der Waals surface area contributed by atoms with Crippen LogP contribution in [0.2, 0.25) is 0 Å². The quantitative estimate of drug-likeness (QED) is 0.447. The van der Waals surface area contributed by atoms with E-state index in [1.54, 1.807) is 4.90 Å². The Bertz CT molecular complexity index is 1030. The molecule has 1 amide bonds. The SMILES string of the molecule is COc1ccc(C(=O)N(C[C@@H]2CCCO2)c2nc3ccccc3s2)cc1[N+](=O)[O-]. The fourth-order valence-corrected chi connectivity index (χ4v) is 4.31. The number of carbonyl (C=O) groups excluding carboxylic acids is 1. The van der Waals surface area contributed by atoms with Crippen LogP contribution in [-0.2, 0) is 4.74 Å². The smallest absolute Gasteiger partial charge is 0.311 e. The van der Waals surface area contributed by atoms with E-state index in [4.69, 9.17) is 9.47 Å². The zero-order valence-electron chi connectivity index (χ0n) is 15.7. The highest BCUT2D eigenvalue weighted by atomic mass is 32.1. The fraction of sp³-hybridized carbons (Fsp3) is 0.300. The molecule has 0 spiro atoms. The molecule has 8 nitrogen and oxygen atoms in total. The second-order valence-corrected chi connectivity index (χ2v) is 7.67. The third-order valence-corrected chi connectivity index (χ3v) is 5.85. The van der Waals surface area contributed by atoms with Gasteiger partial charge in [0, 0.05) is 18.2 Å². The zero-order valence-corrected chi connectivity index (χ0v) is 16.6. The number of ether oxygens (including phenoxy) is 2. The van der Waals surface area contributed by atoms with E-state index in [-0.39, 0.29) is 29.0 Å². The summed E-state index contributed by atoms with van der Waals surface area (Å²) < 4.78 is 11.7. The van der Waals surface area contributed by atoms with Gasteiger partial charge in [-0.25, -0.2) is 4.98 Å². The van der Waals surface area contributed by atoms with E-state index in [0.717, 1.165) is 23.1 Å². The number of amides is 1. The molecule has 1 aliphatic rings. The molecule has 0 N–H and O–H groups in total. The Morgan fingerprint density at radius 3 is 2.90 bits per heavy atom. The Morgan fingerprint density at radius 1 is 1.38 bits per heavy atom. The third kappa shape index (κ3) is 3.92. The lowest BCUT2D eigenvalue weighted by Crippen LogP contribution is -2.37. The van der Waals surface area contributed by atoms with Crippen molar-refractivity contribution in [3.05, 3.63) is 58.1 Å². The summed E-state index contributed by atoms with van der Waals surface area (Å²) in [5.41, 5.74) is 0.757. The number of fused-ring (bicyclic) bond motifs is 1. The molecule has 0 unspecified atom stereocenters. The number of rotatable bonds is 6. The Morgan fingerprint density at radius 2 is 2.21 bits per heavy atom. The Hall–Kier alpha value is -3.04. The maximum absolute atomic E-state index is 13.4. The van der Waals surface area contributed by atoms with E-state index < -0.39 is 4.92 Å². The van der Waals surface area contributed by atoms with Gasteiger partial charge in [-0.15, -0.1) is 0 Å². The molecule has 29 heavy (non-hydrogen) atoms. The van der Waals surface area contributed by atoms with Crippen LogP contribution in [0.5, 0.6) is 5.75 Å². The maximum Gasteiger partial charge on any atom is 0.311 e. The highest BCUT2D eigenvalue weighted by molar-refractivity contribution is 7.22. The highest BCUT2D eigenvalue weighted by Gasteiger charge is 2.28. The van der Waals surface area contributed by atoms with Gasteiger partial charge in [0.25, 0.3) is 5.91 Å². The summed E-state index contributed by atoms with van der Waals surface area (Å²) in [6, 6.07) is 11.9. The Labute approximate surface area is 170 Å². The first kappa shape index (κ1) is 19.3. The first-order valence-electron chi connectivity index (χ1n) is 9.18. The predicted octanol–water partition coefficient (Wildman–Crippen LogP) is 4.04. The molecule has 1 aliphatic heterocycles. The molecule has 2 heterocycles. The number of aromatic nitrogens is 1. The molecule has 1 aromatic heterocycles. The van der Waals surface area contributed by atoms with Crippen molar-refractivity contribution in [2.75, 3.05) is 25.2 Å². The van der Waals surface area contributed by atoms with Crippen LogP contribution in [-0.4, -0.2) is 42.2 Å². The van der Waals surface area contributed by atoms with Gasteiger partial charge in [-0.05, 0) is 37.1 Å². The summed E-state index contributed by atoms with van der Waals surface area (Å²) in [6.07, 6.45) is 1.72. The molecule has 1 saturated heterocycles. The molecular formula is C20H19N3O5S. The monoisotopic (exact) mass is 413 g/mol. The van der Waals surface area contributed by atoms with Crippen molar-refractivity contribution in [1.29, 1.82) is 0 Å². The minimum Gasteiger partial charge on any atom is -0.490 e. The minimum atomic E-state index is -0.558. The molecule has 4 rings (SSSR count). The van der Waals surface area contributed by atoms with Crippen LogP contribution in [0, 0.1) is 10.1 Å². The lowest BCUT2D eigenvalue weighted by molar-refractivity contribution is -0.385. The van der Waals surface area contributed by atoms with Crippen molar-refractivity contribution in [2.45, 2.75) is 18.9 Å². The zero-order chi connectivity index (χ0) is 20.4. The van der Waals surface area contributed by atoms with Crippen LogP contribution in [0.1, 0.15) is 23.2 Å². The van der Waals surface area contributed by atoms with E-state index in [9.17, 15) is 14.9 Å². The topological polar surface area (TPSA) is 94.8 Å². The van der Waals surface area contributed by atoms with Gasteiger partial charge < -0.3 is 9.47 Å². The summed E-state index contributed by atoms with van der Waals surface area (Å²) in [6.45, 7) is 1.01. The van der Waals surface area contributed by atoms with Crippen molar-refractivity contribution >= 4 is 38.3 Å². The van der Waals surface area contributed by atoms with Crippen LogP contribution >= 0.6 is 11.3 Å². The van der Waals surface area contributed by atoms with Gasteiger partial charge in [0.05, 0.1) is 34.9 Å². The number of methoxy groups -OCH3 is 1. The van der Waals surface area contributed by atoms with Crippen LogP contribution in [0.3, 0.4) is 0 Å². The molecule has 1 atom stereocenters. The predicted molar refractivity (Wildman–Crippen MR) is 110 cm³/mol. The van der Waals surface area contributed by atoms with Crippen LogP contribution in [0.15, 0.2) is 42.5 Å². The molecule has 0 bridgehead atoms. The fourth-order valence-electron chi connectivity index (χ4n) is 3.34. The van der Waals surface area contributed by atoms with E-state index >= 15 is 0 Å².